The zero-order chi connectivity index (χ0) is 23.5. The molecule has 1 atom stereocenters. The van der Waals surface area contributed by atoms with Gasteiger partial charge in [0.2, 0.25) is 0 Å². The standard InChI is InChI=1S/C25H26FN3O5/c1-17-21(28-34-27-17)16-31-22-8-4-2-6-19(22)24(30)29-12-10-25(11-13-29)14-18(15-32-25)33-23-9-5-3-7-20(23)26/h2-9,18H,10-16H2,1H3/t18-/m1/s1. The Morgan fingerprint density at radius 2 is 1.85 bits per heavy atom. The Kier molecular flexibility index (Phi) is 6.19. The summed E-state index contributed by atoms with van der Waals surface area (Å²) in [5, 5.41) is 7.57. The summed E-state index contributed by atoms with van der Waals surface area (Å²) in [4.78, 5) is 15.1. The van der Waals surface area contributed by atoms with Crippen molar-refractivity contribution in [2.24, 2.45) is 0 Å². The largest absolute Gasteiger partial charge is 0.486 e. The molecule has 0 N–H and O–H groups in total. The Labute approximate surface area is 196 Å². The van der Waals surface area contributed by atoms with Gasteiger partial charge in [-0.25, -0.2) is 9.02 Å². The first-order valence-electron chi connectivity index (χ1n) is 11.4. The van der Waals surface area contributed by atoms with Crippen LogP contribution in [0.25, 0.3) is 0 Å². The highest BCUT2D eigenvalue weighted by molar-refractivity contribution is 5.97. The number of para-hydroxylation sites is 2. The average Bonchev–Trinajstić information content (AvgIpc) is 3.45. The summed E-state index contributed by atoms with van der Waals surface area (Å²) in [6.07, 6.45) is 1.86. The van der Waals surface area contributed by atoms with Gasteiger partial charge in [-0.15, -0.1) is 0 Å². The van der Waals surface area contributed by atoms with Crippen molar-refractivity contribution < 1.29 is 28.0 Å². The van der Waals surface area contributed by atoms with Gasteiger partial charge in [0.05, 0.1) is 17.8 Å². The van der Waals surface area contributed by atoms with Gasteiger partial charge in [0.1, 0.15) is 29.8 Å². The number of benzene rings is 2. The molecule has 2 saturated heterocycles. The summed E-state index contributed by atoms with van der Waals surface area (Å²) in [5.74, 6) is 0.275. The van der Waals surface area contributed by atoms with E-state index in [0.29, 0.717) is 61.7 Å². The predicted octanol–water partition coefficient (Wildman–Crippen LogP) is 3.94. The normalized spacial score (nSPS) is 19.4. The molecule has 178 valence electrons. The lowest BCUT2D eigenvalue weighted by atomic mass is 9.87. The maximum absolute atomic E-state index is 13.9. The van der Waals surface area contributed by atoms with Crippen LogP contribution in [0.5, 0.6) is 11.5 Å². The molecule has 3 aromatic rings. The molecule has 0 saturated carbocycles. The minimum Gasteiger partial charge on any atom is -0.486 e. The van der Waals surface area contributed by atoms with E-state index in [1.807, 2.05) is 17.0 Å². The van der Waals surface area contributed by atoms with E-state index in [-0.39, 0.29) is 35.8 Å². The lowest BCUT2D eigenvalue weighted by Crippen LogP contribution is -2.46. The fraction of sp³-hybridized carbons (Fsp3) is 0.400. The van der Waals surface area contributed by atoms with Crippen LogP contribution in [0, 0.1) is 12.7 Å². The fourth-order valence-corrected chi connectivity index (χ4v) is 4.53. The fourth-order valence-electron chi connectivity index (χ4n) is 4.53. The van der Waals surface area contributed by atoms with Crippen LogP contribution in [0.4, 0.5) is 4.39 Å². The molecule has 8 nitrogen and oxygen atoms in total. The second-order valence-corrected chi connectivity index (χ2v) is 8.74. The van der Waals surface area contributed by atoms with E-state index in [0.717, 1.165) is 0 Å². The van der Waals surface area contributed by atoms with E-state index in [1.54, 1.807) is 37.3 Å². The summed E-state index contributed by atoms with van der Waals surface area (Å²) in [5.41, 5.74) is 1.40. The number of amides is 1. The Balaban J connectivity index is 1.19. The number of carbonyl (C=O) groups is 1. The Morgan fingerprint density at radius 1 is 1.12 bits per heavy atom. The van der Waals surface area contributed by atoms with Gasteiger partial charge in [-0.1, -0.05) is 34.6 Å². The van der Waals surface area contributed by atoms with Crippen LogP contribution in [-0.4, -0.2) is 52.5 Å². The molecule has 3 heterocycles. The van der Waals surface area contributed by atoms with Crippen molar-refractivity contribution in [3.63, 3.8) is 0 Å². The second kappa shape index (κ2) is 9.42. The van der Waals surface area contributed by atoms with Gasteiger partial charge in [0, 0.05) is 19.5 Å². The van der Waals surface area contributed by atoms with Crippen LogP contribution >= 0.6 is 0 Å². The summed E-state index contributed by atoms with van der Waals surface area (Å²) >= 11 is 0. The van der Waals surface area contributed by atoms with Gasteiger partial charge in [-0.3, -0.25) is 4.79 Å². The molecule has 34 heavy (non-hydrogen) atoms. The third-order valence-corrected chi connectivity index (χ3v) is 6.50. The summed E-state index contributed by atoms with van der Waals surface area (Å²) in [6, 6.07) is 13.6. The van der Waals surface area contributed by atoms with Crippen LogP contribution in [0.2, 0.25) is 0 Å². The minimum atomic E-state index is -0.375. The highest BCUT2D eigenvalue weighted by atomic mass is 19.1. The molecule has 9 heteroatoms. The van der Waals surface area contributed by atoms with Crippen molar-refractivity contribution in [2.45, 2.75) is 44.5 Å². The third kappa shape index (κ3) is 4.61. The minimum absolute atomic E-state index is 0.0856. The van der Waals surface area contributed by atoms with Gasteiger partial charge >= 0.3 is 0 Å². The lowest BCUT2D eigenvalue weighted by Gasteiger charge is -2.38. The molecule has 0 aliphatic carbocycles. The van der Waals surface area contributed by atoms with Crippen LogP contribution in [-0.2, 0) is 11.3 Å². The Bertz CT molecular complexity index is 1160. The number of hydrogen-bond donors (Lipinski definition) is 0. The number of likely N-dealkylation sites (tertiary alicyclic amines) is 1. The van der Waals surface area contributed by atoms with Gasteiger partial charge in [-0.05, 0) is 44.0 Å². The summed E-state index contributed by atoms with van der Waals surface area (Å²) in [6.45, 7) is 3.49. The number of rotatable bonds is 6. The quantitative estimate of drug-likeness (QED) is 0.543. The number of halogens is 1. The van der Waals surface area contributed by atoms with E-state index in [4.69, 9.17) is 18.8 Å². The molecule has 0 radical (unpaired) electrons. The average molecular weight is 467 g/mol. The number of aromatic nitrogens is 2. The molecule has 5 rings (SSSR count). The number of hydrogen-bond acceptors (Lipinski definition) is 7. The Morgan fingerprint density at radius 3 is 2.59 bits per heavy atom. The molecule has 1 aromatic heterocycles. The molecule has 2 aliphatic heterocycles. The van der Waals surface area contributed by atoms with Gasteiger partial charge in [-0.2, -0.15) is 0 Å². The van der Waals surface area contributed by atoms with Crippen molar-refractivity contribution in [3.05, 3.63) is 71.3 Å². The van der Waals surface area contributed by atoms with E-state index in [9.17, 15) is 9.18 Å². The molecule has 0 unspecified atom stereocenters. The molecule has 0 bridgehead atoms. The third-order valence-electron chi connectivity index (χ3n) is 6.50. The molecular weight excluding hydrogens is 441 g/mol. The van der Waals surface area contributed by atoms with Crippen LogP contribution < -0.4 is 9.47 Å². The first-order chi connectivity index (χ1) is 16.5. The first-order valence-corrected chi connectivity index (χ1v) is 11.4. The molecule has 1 spiro atoms. The first kappa shape index (κ1) is 22.3. The van der Waals surface area contributed by atoms with Crippen molar-refractivity contribution in [2.75, 3.05) is 19.7 Å². The van der Waals surface area contributed by atoms with E-state index in [1.165, 1.54) is 6.07 Å². The van der Waals surface area contributed by atoms with Crippen molar-refractivity contribution in [1.29, 1.82) is 0 Å². The van der Waals surface area contributed by atoms with E-state index >= 15 is 0 Å². The lowest BCUT2D eigenvalue weighted by molar-refractivity contribution is -0.0396. The summed E-state index contributed by atoms with van der Waals surface area (Å²) in [7, 11) is 0. The molecule has 2 aromatic carbocycles. The zero-order valence-corrected chi connectivity index (χ0v) is 18.9. The molecule has 2 aliphatic rings. The summed E-state index contributed by atoms with van der Waals surface area (Å²) < 4.78 is 36.5. The molecular formula is C25H26FN3O5. The van der Waals surface area contributed by atoms with Crippen LogP contribution in [0.3, 0.4) is 0 Å². The number of ether oxygens (including phenoxy) is 3. The SMILES string of the molecule is Cc1nonc1COc1ccccc1C(=O)N1CCC2(CC1)C[C@@H](Oc1ccccc1F)CO2. The van der Waals surface area contributed by atoms with Gasteiger partial charge in [0.25, 0.3) is 5.91 Å². The smallest absolute Gasteiger partial charge is 0.257 e. The Hall–Kier alpha value is -3.46. The van der Waals surface area contributed by atoms with E-state index in [2.05, 4.69) is 10.3 Å². The maximum atomic E-state index is 13.9. The van der Waals surface area contributed by atoms with Crippen LogP contribution in [0.15, 0.2) is 53.2 Å². The number of aryl methyl sites for hydroxylation is 1. The highest BCUT2D eigenvalue weighted by Crippen LogP contribution is 2.38. The van der Waals surface area contributed by atoms with Crippen molar-refractivity contribution in [1.82, 2.24) is 15.2 Å². The maximum Gasteiger partial charge on any atom is 0.257 e. The van der Waals surface area contributed by atoms with Gasteiger partial charge < -0.3 is 19.1 Å². The molecule has 1 amide bonds. The van der Waals surface area contributed by atoms with Crippen molar-refractivity contribution >= 4 is 5.91 Å². The highest BCUT2D eigenvalue weighted by Gasteiger charge is 2.44. The van der Waals surface area contributed by atoms with Crippen LogP contribution in [0.1, 0.15) is 41.0 Å². The van der Waals surface area contributed by atoms with Gasteiger partial charge in [0.15, 0.2) is 11.6 Å². The second-order valence-electron chi connectivity index (χ2n) is 8.74. The number of nitrogens with zero attached hydrogens (tertiary/aromatic N) is 3. The van der Waals surface area contributed by atoms with Crippen molar-refractivity contribution in [3.8, 4) is 11.5 Å². The topological polar surface area (TPSA) is 86.9 Å². The number of carbonyl (C=O) groups excluding carboxylic acids is 1. The molecule has 2 fully saturated rings. The monoisotopic (exact) mass is 467 g/mol. The van der Waals surface area contributed by atoms with E-state index < -0.39 is 0 Å². The zero-order valence-electron chi connectivity index (χ0n) is 18.9. The predicted molar refractivity (Wildman–Crippen MR) is 119 cm³/mol. The number of piperidine rings is 1.